The summed E-state index contributed by atoms with van der Waals surface area (Å²) in [6.07, 6.45) is 1.71. The van der Waals surface area contributed by atoms with E-state index in [0.29, 0.717) is 17.1 Å². The molecular weight excluding hydrogens is 250 g/mol. The minimum absolute atomic E-state index is 0.146. The molecule has 0 fully saturated rings. The Bertz CT molecular complexity index is 560. The first-order chi connectivity index (χ1) is 8.50. The summed E-state index contributed by atoms with van der Waals surface area (Å²) < 4.78 is 1.49. The normalized spacial score (nSPS) is 12.4. The van der Waals surface area contributed by atoms with Gasteiger partial charge in [-0.3, -0.25) is 9.48 Å². The van der Waals surface area contributed by atoms with Gasteiger partial charge in [0.25, 0.3) is 5.91 Å². The summed E-state index contributed by atoms with van der Waals surface area (Å²) in [4.78, 5) is 16.3. The number of nitrogen functional groups attached to an aromatic ring is 1. The fourth-order valence-corrected chi connectivity index (χ4v) is 2.36. The van der Waals surface area contributed by atoms with E-state index in [0.717, 1.165) is 5.01 Å². The van der Waals surface area contributed by atoms with Gasteiger partial charge in [-0.15, -0.1) is 11.3 Å². The van der Waals surface area contributed by atoms with E-state index in [1.54, 1.807) is 20.2 Å². The molecule has 0 bridgehead atoms. The van der Waals surface area contributed by atoms with Gasteiger partial charge < -0.3 is 11.1 Å². The van der Waals surface area contributed by atoms with Gasteiger partial charge in [-0.1, -0.05) is 0 Å². The van der Waals surface area contributed by atoms with Crippen LogP contribution in [0, 0.1) is 6.92 Å². The summed E-state index contributed by atoms with van der Waals surface area (Å²) in [5.41, 5.74) is 7.30. The van der Waals surface area contributed by atoms with Crippen molar-refractivity contribution in [2.24, 2.45) is 7.05 Å². The second-order valence-corrected chi connectivity index (χ2v) is 4.96. The molecule has 0 saturated heterocycles. The van der Waals surface area contributed by atoms with Gasteiger partial charge in [0.05, 0.1) is 17.4 Å². The van der Waals surface area contributed by atoms with Crippen LogP contribution in [0.5, 0.6) is 0 Å². The molecule has 0 aliphatic rings. The van der Waals surface area contributed by atoms with Crippen LogP contribution in [0.25, 0.3) is 0 Å². The van der Waals surface area contributed by atoms with E-state index in [1.807, 2.05) is 12.3 Å². The third-order valence-corrected chi connectivity index (χ3v) is 3.61. The zero-order chi connectivity index (χ0) is 13.3. The van der Waals surface area contributed by atoms with Crippen molar-refractivity contribution in [1.82, 2.24) is 20.1 Å². The van der Waals surface area contributed by atoms with E-state index in [2.05, 4.69) is 15.4 Å². The lowest BCUT2D eigenvalue weighted by molar-refractivity contribution is 0.0931. The third-order valence-electron chi connectivity index (χ3n) is 2.65. The van der Waals surface area contributed by atoms with Crippen LogP contribution in [0.3, 0.4) is 0 Å². The number of aromatic nitrogens is 3. The van der Waals surface area contributed by atoms with Gasteiger partial charge in [0.1, 0.15) is 10.7 Å². The molecule has 0 radical (unpaired) electrons. The maximum absolute atomic E-state index is 12.1. The van der Waals surface area contributed by atoms with Crippen molar-refractivity contribution in [3.63, 3.8) is 0 Å². The summed E-state index contributed by atoms with van der Waals surface area (Å²) >= 11 is 1.50. The highest BCUT2D eigenvalue weighted by Gasteiger charge is 2.20. The van der Waals surface area contributed by atoms with Crippen molar-refractivity contribution in [2.75, 3.05) is 5.73 Å². The molecule has 3 N–H and O–H groups in total. The van der Waals surface area contributed by atoms with Gasteiger partial charge in [-0.25, -0.2) is 4.98 Å². The number of aryl methyl sites for hydroxylation is 2. The van der Waals surface area contributed by atoms with Crippen LogP contribution in [-0.4, -0.2) is 20.7 Å². The number of anilines is 1. The number of hydrogen-bond donors (Lipinski definition) is 2. The largest absolute Gasteiger partial charge is 0.395 e. The summed E-state index contributed by atoms with van der Waals surface area (Å²) in [5.74, 6) is -0.238. The minimum Gasteiger partial charge on any atom is -0.395 e. The van der Waals surface area contributed by atoms with Crippen LogP contribution in [0.2, 0.25) is 0 Å². The predicted molar refractivity (Wildman–Crippen MR) is 70.4 cm³/mol. The first kappa shape index (κ1) is 12.6. The van der Waals surface area contributed by atoms with E-state index in [4.69, 9.17) is 5.73 Å². The molecule has 2 aromatic rings. The number of carbonyl (C=O) groups is 1. The molecule has 1 amide bonds. The van der Waals surface area contributed by atoms with E-state index < -0.39 is 0 Å². The SMILES string of the molecule is Cc1nn(C)c(C(=O)NC(C)c2nccs2)c1N. The number of carbonyl (C=O) groups excluding carboxylic acids is 1. The van der Waals surface area contributed by atoms with Crippen LogP contribution in [0.4, 0.5) is 5.69 Å². The molecule has 1 atom stereocenters. The van der Waals surface area contributed by atoms with Crippen molar-refractivity contribution in [1.29, 1.82) is 0 Å². The predicted octanol–water partition coefficient (Wildman–Crippen LogP) is 1.26. The second-order valence-electron chi connectivity index (χ2n) is 4.04. The van der Waals surface area contributed by atoms with Crippen molar-refractivity contribution < 1.29 is 4.79 Å². The van der Waals surface area contributed by atoms with Crippen molar-refractivity contribution in [3.05, 3.63) is 28.0 Å². The number of nitrogens with two attached hydrogens (primary N) is 1. The Morgan fingerprint density at radius 1 is 1.61 bits per heavy atom. The van der Waals surface area contributed by atoms with Crippen molar-refractivity contribution in [2.45, 2.75) is 19.9 Å². The molecule has 0 aliphatic carbocycles. The van der Waals surface area contributed by atoms with Crippen LogP contribution in [0.15, 0.2) is 11.6 Å². The van der Waals surface area contributed by atoms with Crippen LogP contribution in [0.1, 0.15) is 34.2 Å². The Kier molecular flexibility index (Phi) is 3.33. The van der Waals surface area contributed by atoms with E-state index in [-0.39, 0.29) is 11.9 Å². The lowest BCUT2D eigenvalue weighted by Gasteiger charge is -2.11. The van der Waals surface area contributed by atoms with Gasteiger partial charge in [-0.05, 0) is 13.8 Å². The Morgan fingerprint density at radius 2 is 2.33 bits per heavy atom. The lowest BCUT2D eigenvalue weighted by atomic mass is 10.2. The number of nitrogens with one attached hydrogen (secondary N) is 1. The molecule has 7 heteroatoms. The standard InChI is InChI=1S/C11H15N5OS/c1-6-8(12)9(16(3)15-6)10(17)14-7(2)11-13-4-5-18-11/h4-5,7H,12H2,1-3H3,(H,14,17). The molecule has 1 unspecified atom stereocenters. The maximum atomic E-state index is 12.1. The molecule has 0 saturated carbocycles. The quantitative estimate of drug-likeness (QED) is 0.874. The number of thiazole rings is 1. The number of nitrogens with zero attached hydrogens (tertiary/aromatic N) is 3. The molecule has 18 heavy (non-hydrogen) atoms. The van der Waals surface area contributed by atoms with Crippen LogP contribution < -0.4 is 11.1 Å². The Balaban J connectivity index is 2.17. The minimum atomic E-state index is -0.238. The van der Waals surface area contributed by atoms with Crippen LogP contribution >= 0.6 is 11.3 Å². The first-order valence-electron chi connectivity index (χ1n) is 5.50. The Labute approximate surface area is 109 Å². The zero-order valence-corrected chi connectivity index (χ0v) is 11.3. The number of amides is 1. The summed E-state index contributed by atoms with van der Waals surface area (Å²) in [5, 5.41) is 9.72. The van der Waals surface area contributed by atoms with Gasteiger partial charge in [-0.2, -0.15) is 5.10 Å². The topological polar surface area (TPSA) is 85.8 Å². The number of hydrogen-bond acceptors (Lipinski definition) is 5. The molecule has 2 aromatic heterocycles. The van der Waals surface area contributed by atoms with E-state index in [9.17, 15) is 4.79 Å². The first-order valence-corrected chi connectivity index (χ1v) is 6.38. The molecular formula is C11H15N5OS. The molecule has 96 valence electrons. The molecule has 6 nitrogen and oxygen atoms in total. The fraction of sp³-hybridized carbons (Fsp3) is 0.364. The highest BCUT2D eigenvalue weighted by atomic mass is 32.1. The smallest absolute Gasteiger partial charge is 0.272 e. The third kappa shape index (κ3) is 2.21. The summed E-state index contributed by atoms with van der Waals surface area (Å²) in [6, 6.07) is -0.146. The molecule has 2 rings (SSSR count). The summed E-state index contributed by atoms with van der Waals surface area (Å²) in [6.45, 7) is 3.66. The molecule has 0 aliphatic heterocycles. The Hall–Kier alpha value is -1.89. The van der Waals surface area contributed by atoms with Gasteiger partial charge in [0, 0.05) is 18.6 Å². The Morgan fingerprint density at radius 3 is 2.83 bits per heavy atom. The van der Waals surface area contributed by atoms with Gasteiger partial charge in [0.15, 0.2) is 0 Å². The fourth-order valence-electron chi connectivity index (χ4n) is 1.72. The van der Waals surface area contributed by atoms with E-state index in [1.165, 1.54) is 16.0 Å². The maximum Gasteiger partial charge on any atom is 0.272 e. The molecule has 0 spiro atoms. The van der Waals surface area contributed by atoms with Crippen molar-refractivity contribution in [3.8, 4) is 0 Å². The molecule has 0 aromatic carbocycles. The average Bonchev–Trinajstić information content (AvgIpc) is 2.88. The highest BCUT2D eigenvalue weighted by molar-refractivity contribution is 7.09. The highest BCUT2D eigenvalue weighted by Crippen LogP contribution is 2.18. The number of rotatable bonds is 3. The average molecular weight is 265 g/mol. The van der Waals surface area contributed by atoms with Crippen molar-refractivity contribution >= 4 is 22.9 Å². The lowest BCUT2D eigenvalue weighted by Crippen LogP contribution is -2.29. The summed E-state index contributed by atoms with van der Waals surface area (Å²) in [7, 11) is 1.70. The second kappa shape index (κ2) is 4.77. The van der Waals surface area contributed by atoms with Gasteiger partial charge >= 0.3 is 0 Å². The molecule has 2 heterocycles. The van der Waals surface area contributed by atoms with Crippen LogP contribution in [-0.2, 0) is 7.05 Å². The van der Waals surface area contributed by atoms with Gasteiger partial charge in [0.2, 0.25) is 0 Å². The van der Waals surface area contributed by atoms with E-state index >= 15 is 0 Å². The zero-order valence-electron chi connectivity index (χ0n) is 10.5. The monoisotopic (exact) mass is 265 g/mol.